The molecule has 0 spiro atoms. The van der Waals surface area contributed by atoms with Gasteiger partial charge in [0.25, 0.3) is 0 Å². The average Bonchev–Trinajstić information content (AvgIpc) is 2.54. The Kier molecular flexibility index (Phi) is 5.42. The van der Waals surface area contributed by atoms with Gasteiger partial charge in [0.1, 0.15) is 6.10 Å². The van der Waals surface area contributed by atoms with Crippen molar-refractivity contribution in [3.63, 3.8) is 0 Å². The van der Waals surface area contributed by atoms with E-state index in [2.05, 4.69) is 5.32 Å². The monoisotopic (exact) mass is 319 g/mol. The smallest absolute Gasteiger partial charge is 0.337 e. The summed E-state index contributed by atoms with van der Waals surface area (Å²) in [5, 5.41) is 3.27. The highest BCUT2D eigenvalue weighted by atomic mass is 16.5. The second-order valence-electron chi connectivity index (χ2n) is 6.91. The molecule has 1 aromatic rings. The van der Waals surface area contributed by atoms with E-state index in [-0.39, 0.29) is 24.0 Å². The van der Waals surface area contributed by atoms with E-state index in [0.29, 0.717) is 12.1 Å². The Morgan fingerprint density at radius 2 is 2.00 bits per heavy atom. The van der Waals surface area contributed by atoms with Gasteiger partial charge in [-0.15, -0.1) is 0 Å². The predicted octanol–water partition coefficient (Wildman–Crippen LogP) is 2.51. The van der Waals surface area contributed by atoms with Crippen molar-refractivity contribution in [2.45, 2.75) is 39.2 Å². The van der Waals surface area contributed by atoms with Crippen molar-refractivity contribution in [2.75, 3.05) is 20.2 Å². The molecule has 23 heavy (non-hydrogen) atoms. The maximum absolute atomic E-state index is 12.2. The zero-order chi connectivity index (χ0) is 17.0. The number of carbonyl (C=O) groups excluding carboxylic acids is 2. The lowest BCUT2D eigenvalue weighted by Gasteiger charge is -2.34. The number of hydrogen-bond donors (Lipinski definition) is 1. The van der Waals surface area contributed by atoms with Crippen LogP contribution >= 0.6 is 0 Å². The number of carbonyl (C=O) groups is 2. The fourth-order valence-corrected chi connectivity index (χ4v) is 2.66. The SMILES string of the molecule is COC(=O)c1cccc(C2CCNCC2OC(=O)C(C)(C)C)c1. The standard InChI is InChI=1S/C18H25NO4/c1-18(2,3)17(21)23-15-11-19-9-8-14(15)12-6-5-7-13(10-12)16(20)22-4/h5-7,10,14-15,19H,8-9,11H2,1-4H3. The van der Waals surface area contributed by atoms with Crippen molar-refractivity contribution >= 4 is 11.9 Å². The van der Waals surface area contributed by atoms with Crippen LogP contribution in [0.4, 0.5) is 0 Å². The second kappa shape index (κ2) is 7.13. The molecule has 5 nitrogen and oxygen atoms in total. The van der Waals surface area contributed by atoms with Gasteiger partial charge in [0.15, 0.2) is 0 Å². The lowest BCUT2D eigenvalue weighted by molar-refractivity contribution is -0.160. The topological polar surface area (TPSA) is 64.6 Å². The van der Waals surface area contributed by atoms with Crippen LogP contribution in [0.5, 0.6) is 0 Å². The van der Waals surface area contributed by atoms with Crippen LogP contribution < -0.4 is 5.32 Å². The third-order valence-corrected chi connectivity index (χ3v) is 4.03. The van der Waals surface area contributed by atoms with E-state index in [0.717, 1.165) is 18.5 Å². The largest absolute Gasteiger partial charge is 0.465 e. The van der Waals surface area contributed by atoms with Gasteiger partial charge in [-0.2, -0.15) is 0 Å². The number of hydrogen-bond acceptors (Lipinski definition) is 5. The minimum atomic E-state index is -0.532. The normalized spacial score (nSPS) is 21.6. The highest BCUT2D eigenvalue weighted by Gasteiger charge is 2.33. The maximum atomic E-state index is 12.2. The second-order valence-corrected chi connectivity index (χ2v) is 6.91. The summed E-state index contributed by atoms with van der Waals surface area (Å²) in [5.74, 6) is -0.489. The lowest BCUT2D eigenvalue weighted by atomic mass is 9.86. The fraction of sp³-hybridized carbons (Fsp3) is 0.556. The first-order valence-electron chi connectivity index (χ1n) is 7.93. The zero-order valence-electron chi connectivity index (χ0n) is 14.2. The number of benzene rings is 1. The molecule has 2 rings (SSSR count). The molecule has 1 N–H and O–H groups in total. The Hall–Kier alpha value is -1.88. The third kappa shape index (κ3) is 4.32. The van der Waals surface area contributed by atoms with Gasteiger partial charge in [-0.1, -0.05) is 12.1 Å². The first-order chi connectivity index (χ1) is 10.8. The number of rotatable bonds is 3. The van der Waals surface area contributed by atoms with Crippen LogP contribution in [0.2, 0.25) is 0 Å². The molecular weight excluding hydrogens is 294 g/mol. The molecular formula is C18H25NO4. The van der Waals surface area contributed by atoms with Crippen molar-refractivity contribution in [2.24, 2.45) is 5.41 Å². The minimum Gasteiger partial charge on any atom is -0.465 e. The first kappa shape index (κ1) is 17.5. The quantitative estimate of drug-likeness (QED) is 0.867. The molecule has 0 bridgehead atoms. The van der Waals surface area contributed by atoms with Crippen LogP contribution in [0, 0.1) is 5.41 Å². The van der Waals surface area contributed by atoms with E-state index in [4.69, 9.17) is 9.47 Å². The Bertz CT molecular complexity index is 577. The van der Waals surface area contributed by atoms with Crippen LogP contribution in [0.25, 0.3) is 0 Å². The summed E-state index contributed by atoms with van der Waals surface area (Å²) in [6.07, 6.45) is 0.621. The van der Waals surface area contributed by atoms with Gasteiger partial charge < -0.3 is 14.8 Å². The number of esters is 2. The Labute approximate surface area is 137 Å². The molecule has 0 amide bonds. The Morgan fingerprint density at radius 1 is 1.26 bits per heavy atom. The summed E-state index contributed by atoms with van der Waals surface area (Å²) >= 11 is 0. The third-order valence-electron chi connectivity index (χ3n) is 4.03. The number of nitrogens with one attached hydrogen (secondary N) is 1. The molecule has 1 heterocycles. The highest BCUT2D eigenvalue weighted by Crippen LogP contribution is 2.30. The molecule has 5 heteroatoms. The predicted molar refractivity (Wildman–Crippen MR) is 87.3 cm³/mol. The molecule has 2 atom stereocenters. The molecule has 1 aliphatic rings. The van der Waals surface area contributed by atoms with Crippen LogP contribution in [-0.4, -0.2) is 38.2 Å². The minimum absolute atomic E-state index is 0.0761. The van der Waals surface area contributed by atoms with E-state index in [9.17, 15) is 9.59 Å². The van der Waals surface area contributed by atoms with Gasteiger partial charge in [-0.05, 0) is 51.4 Å². The van der Waals surface area contributed by atoms with Gasteiger partial charge >= 0.3 is 11.9 Å². The fourth-order valence-electron chi connectivity index (χ4n) is 2.66. The number of methoxy groups -OCH3 is 1. The van der Waals surface area contributed by atoms with E-state index in [1.54, 1.807) is 6.07 Å². The van der Waals surface area contributed by atoms with E-state index < -0.39 is 5.41 Å². The van der Waals surface area contributed by atoms with Crippen molar-refractivity contribution in [3.8, 4) is 0 Å². The summed E-state index contributed by atoms with van der Waals surface area (Å²) < 4.78 is 10.5. The number of ether oxygens (including phenoxy) is 2. The zero-order valence-corrected chi connectivity index (χ0v) is 14.2. The lowest BCUT2D eigenvalue weighted by Crippen LogP contribution is -2.43. The van der Waals surface area contributed by atoms with Crippen molar-refractivity contribution < 1.29 is 19.1 Å². The summed E-state index contributed by atoms with van der Waals surface area (Å²) in [4.78, 5) is 23.9. The van der Waals surface area contributed by atoms with Crippen molar-refractivity contribution in [1.29, 1.82) is 0 Å². The summed E-state index contributed by atoms with van der Waals surface area (Å²) in [6, 6.07) is 7.37. The highest BCUT2D eigenvalue weighted by molar-refractivity contribution is 5.89. The molecule has 1 aliphatic heterocycles. The molecule has 0 aromatic heterocycles. The van der Waals surface area contributed by atoms with Gasteiger partial charge in [0, 0.05) is 12.5 Å². The summed E-state index contributed by atoms with van der Waals surface area (Å²) in [7, 11) is 1.37. The summed E-state index contributed by atoms with van der Waals surface area (Å²) in [6.45, 7) is 7.01. The molecule has 1 aromatic carbocycles. The van der Waals surface area contributed by atoms with E-state index in [1.807, 2.05) is 39.0 Å². The molecule has 126 valence electrons. The molecule has 2 unspecified atom stereocenters. The molecule has 0 saturated carbocycles. The van der Waals surface area contributed by atoms with Crippen LogP contribution in [0.15, 0.2) is 24.3 Å². The Balaban J connectivity index is 2.21. The van der Waals surface area contributed by atoms with Gasteiger partial charge in [-0.3, -0.25) is 4.79 Å². The van der Waals surface area contributed by atoms with Gasteiger partial charge in [0.2, 0.25) is 0 Å². The molecule has 1 saturated heterocycles. The van der Waals surface area contributed by atoms with Crippen LogP contribution in [0.3, 0.4) is 0 Å². The van der Waals surface area contributed by atoms with E-state index in [1.165, 1.54) is 7.11 Å². The average molecular weight is 319 g/mol. The Morgan fingerprint density at radius 3 is 2.65 bits per heavy atom. The molecule has 1 fully saturated rings. The van der Waals surface area contributed by atoms with Crippen LogP contribution in [-0.2, 0) is 14.3 Å². The van der Waals surface area contributed by atoms with Crippen molar-refractivity contribution in [1.82, 2.24) is 5.32 Å². The summed E-state index contributed by atoms with van der Waals surface area (Å²) in [5.41, 5.74) is 0.987. The molecule has 0 radical (unpaired) electrons. The van der Waals surface area contributed by atoms with Crippen molar-refractivity contribution in [3.05, 3.63) is 35.4 Å². The first-order valence-corrected chi connectivity index (χ1v) is 7.93. The van der Waals surface area contributed by atoms with Gasteiger partial charge in [0.05, 0.1) is 18.1 Å². The molecule has 0 aliphatic carbocycles. The number of piperidine rings is 1. The van der Waals surface area contributed by atoms with Crippen LogP contribution in [0.1, 0.15) is 49.0 Å². The van der Waals surface area contributed by atoms with Gasteiger partial charge in [-0.25, -0.2) is 4.79 Å². The van der Waals surface area contributed by atoms with E-state index >= 15 is 0 Å². The maximum Gasteiger partial charge on any atom is 0.337 e.